The van der Waals surface area contributed by atoms with Gasteiger partial charge in [0.15, 0.2) is 0 Å². The van der Waals surface area contributed by atoms with E-state index in [0.29, 0.717) is 18.4 Å². The fraction of sp³-hybridized carbons (Fsp3) is 0.364. The van der Waals surface area contributed by atoms with Crippen LogP contribution in [0.5, 0.6) is 0 Å². The number of hydrogen-bond donors (Lipinski definition) is 2. The predicted octanol–water partition coefficient (Wildman–Crippen LogP) is 2.54. The van der Waals surface area contributed by atoms with Crippen molar-refractivity contribution in [1.82, 2.24) is 9.71 Å². The van der Waals surface area contributed by atoms with Crippen LogP contribution in [0.2, 0.25) is 0 Å². The van der Waals surface area contributed by atoms with Gasteiger partial charge in [-0.3, -0.25) is 9.52 Å². The number of nitriles is 1. The summed E-state index contributed by atoms with van der Waals surface area (Å²) in [6.07, 6.45) is -1.07. The number of carboxylic acids is 1. The second kappa shape index (κ2) is 9.95. The van der Waals surface area contributed by atoms with E-state index in [4.69, 9.17) is 0 Å². The Labute approximate surface area is 190 Å². The molecule has 1 saturated heterocycles. The monoisotopic (exact) mass is 474 g/mol. The average Bonchev–Trinajstić information content (AvgIpc) is 2.78. The zero-order chi connectivity index (χ0) is 24.2. The molecule has 0 aliphatic carbocycles. The SMILES string of the molecule is CC(F)c1nc(N2CCC(C(=O)NS(=O)(=O)Cc3ccccc3)CC2)c(C#N)cc1C(=O)O. The first kappa shape index (κ1) is 24.1. The van der Waals surface area contributed by atoms with Gasteiger partial charge in [0.2, 0.25) is 15.9 Å². The topological polar surface area (TPSA) is 140 Å². The van der Waals surface area contributed by atoms with Gasteiger partial charge in [-0.25, -0.2) is 22.6 Å². The molecule has 1 fully saturated rings. The van der Waals surface area contributed by atoms with E-state index in [0.717, 1.165) is 13.0 Å². The molecule has 1 unspecified atom stereocenters. The van der Waals surface area contributed by atoms with Crippen LogP contribution in [0, 0.1) is 17.2 Å². The van der Waals surface area contributed by atoms with Gasteiger partial charge < -0.3 is 10.0 Å². The molecule has 1 aliphatic rings. The van der Waals surface area contributed by atoms with Gasteiger partial charge in [-0.1, -0.05) is 30.3 Å². The molecule has 1 atom stereocenters. The van der Waals surface area contributed by atoms with E-state index in [1.165, 1.54) is 0 Å². The molecule has 0 saturated carbocycles. The van der Waals surface area contributed by atoms with Crippen LogP contribution in [0.4, 0.5) is 10.2 Å². The Hall–Kier alpha value is -3.52. The highest BCUT2D eigenvalue weighted by molar-refractivity contribution is 7.89. The molecule has 3 rings (SSSR count). The summed E-state index contributed by atoms with van der Waals surface area (Å²) in [5.41, 5.74) is -0.0953. The third kappa shape index (κ3) is 5.84. The molecular formula is C22H23FN4O5S. The molecule has 2 heterocycles. The van der Waals surface area contributed by atoms with E-state index in [2.05, 4.69) is 9.71 Å². The number of hydrogen-bond acceptors (Lipinski definition) is 7. The molecular weight excluding hydrogens is 451 g/mol. The Morgan fingerprint density at radius 2 is 1.94 bits per heavy atom. The van der Waals surface area contributed by atoms with Crippen LogP contribution in [-0.2, 0) is 20.6 Å². The van der Waals surface area contributed by atoms with Gasteiger partial charge in [0.25, 0.3) is 0 Å². The first-order chi connectivity index (χ1) is 15.6. The molecule has 11 heteroatoms. The maximum atomic E-state index is 14.0. The quantitative estimate of drug-likeness (QED) is 0.624. The van der Waals surface area contributed by atoms with Gasteiger partial charge in [-0.2, -0.15) is 5.26 Å². The summed E-state index contributed by atoms with van der Waals surface area (Å²) in [4.78, 5) is 29.7. The van der Waals surface area contributed by atoms with Gasteiger partial charge in [0.05, 0.1) is 22.6 Å². The largest absolute Gasteiger partial charge is 0.478 e. The number of carboxylic acid groups (broad SMARTS) is 1. The second-order valence-corrected chi connectivity index (χ2v) is 9.52. The van der Waals surface area contributed by atoms with E-state index in [1.54, 1.807) is 35.2 Å². The Kier molecular flexibility index (Phi) is 7.28. The fourth-order valence-electron chi connectivity index (χ4n) is 3.74. The minimum atomic E-state index is -3.85. The summed E-state index contributed by atoms with van der Waals surface area (Å²) < 4.78 is 40.8. The molecule has 1 aliphatic heterocycles. The van der Waals surface area contributed by atoms with Crippen molar-refractivity contribution < 1.29 is 27.5 Å². The number of benzene rings is 1. The summed E-state index contributed by atoms with van der Waals surface area (Å²) in [5.74, 6) is -2.70. The minimum Gasteiger partial charge on any atom is -0.478 e. The zero-order valence-electron chi connectivity index (χ0n) is 17.9. The lowest BCUT2D eigenvalue weighted by Crippen LogP contribution is -2.43. The van der Waals surface area contributed by atoms with Gasteiger partial charge in [0, 0.05) is 19.0 Å². The van der Waals surface area contributed by atoms with Crippen molar-refractivity contribution >= 4 is 27.7 Å². The third-order valence-corrected chi connectivity index (χ3v) is 6.61. The lowest BCUT2D eigenvalue weighted by Gasteiger charge is -2.33. The number of alkyl halides is 1. The van der Waals surface area contributed by atoms with Crippen molar-refractivity contribution in [2.45, 2.75) is 31.7 Å². The third-order valence-electron chi connectivity index (χ3n) is 5.38. The average molecular weight is 475 g/mol. The maximum absolute atomic E-state index is 14.0. The molecule has 1 aromatic carbocycles. The van der Waals surface area contributed by atoms with E-state index < -0.39 is 34.0 Å². The minimum absolute atomic E-state index is 0.00913. The highest BCUT2D eigenvalue weighted by Gasteiger charge is 2.30. The summed E-state index contributed by atoms with van der Waals surface area (Å²) in [6.45, 7) is 1.70. The number of sulfonamides is 1. The summed E-state index contributed by atoms with van der Waals surface area (Å²) in [5, 5.41) is 18.7. The molecule has 0 bridgehead atoms. The van der Waals surface area contributed by atoms with E-state index >= 15 is 0 Å². The Bertz CT molecular complexity index is 1190. The van der Waals surface area contributed by atoms with E-state index in [9.17, 15) is 32.8 Å². The van der Waals surface area contributed by atoms with Crippen molar-refractivity contribution in [3.8, 4) is 6.07 Å². The molecule has 0 spiro atoms. The van der Waals surface area contributed by atoms with Crippen molar-refractivity contribution in [2.24, 2.45) is 5.92 Å². The molecule has 9 nitrogen and oxygen atoms in total. The first-order valence-corrected chi connectivity index (χ1v) is 11.9. The van der Waals surface area contributed by atoms with Crippen molar-refractivity contribution in [1.29, 1.82) is 5.26 Å². The number of nitrogens with one attached hydrogen (secondary N) is 1. The molecule has 33 heavy (non-hydrogen) atoms. The Morgan fingerprint density at radius 1 is 1.30 bits per heavy atom. The van der Waals surface area contributed by atoms with Crippen molar-refractivity contribution in [3.63, 3.8) is 0 Å². The number of aromatic carboxylic acids is 1. The number of rotatable bonds is 7. The number of anilines is 1. The van der Waals surface area contributed by atoms with Crippen molar-refractivity contribution in [2.75, 3.05) is 18.0 Å². The number of piperidine rings is 1. The highest BCUT2D eigenvalue weighted by atomic mass is 32.2. The lowest BCUT2D eigenvalue weighted by molar-refractivity contribution is -0.123. The number of carbonyl (C=O) groups excluding carboxylic acids is 1. The van der Waals surface area contributed by atoms with Crippen molar-refractivity contribution in [3.05, 3.63) is 58.8 Å². The maximum Gasteiger partial charge on any atom is 0.337 e. The first-order valence-electron chi connectivity index (χ1n) is 10.3. The van der Waals surface area contributed by atoms with Crippen LogP contribution >= 0.6 is 0 Å². The highest BCUT2D eigenvalue weighted by Crippen LogP contribution is 2.29. The predicted molar refractivity (Wildman–Crippen MR) is 118 cm³/mol. The Balaban J connectivity index is 1.69. The normalized spacial score (nSPS) is 15.5. The van der Waals surface area contributed by atoms with E-state index in [1.807, 2.05) is 6.07 Å². The van der Waals surface area contributed by atoms with Crippen LogP contribution in [-0.4, -0.2) is 43.5 Å². The van der Waals surface area contributed by atoms with Crippen LogP contribution in [0.1, 0.15) is 53.1 Å². The molecule has 174 valence electrons. The van der Waals surface area contributed by atoms with Crippen LogP contribution < -0.4 is 9.62 Å². The molecule has 0 radical (unpaired) electrons. The summed E-state index contributed by atoms with van der Waals surface area (Å²) in [6, 6.07) is 11.5. The lowest BCUT2D eigenvalue weighted by atomic mass is 9.96. The van der Waals surface area contributed by atoms with Crippen LogP contribution in [0.3, 0.4) is 0 Å². The summed E-state index contributed by atoms with van der Waals surface area (Å²) >= 11 is 0. The molecule has 2 N–H and O–H groups in total. The standard InChI is InChI=1S/C22H23FN4O5S/c1-14(23)19-18(22(29)30)11-17(12-24)20(25-19)27-9-7-16(8-10-27)21(28)26-33(31,32)13-15-5-3-2-4-6-15/h2-6,11,14,16H,7-10,13H2,1H3,(H,26,28)(H,29,30). The Morgan fingerprint density at radius 3 is 2.48 bits per heavy atom. The van der Waals surface area contributed by atoms with Gasteiger partial charge in [-0.15, -0.1) is 0 Å². The number of halogens is 1. The number of aromatic nitrogens is 1. The molecule has 1 amide bonds. The summed E-state index contributed by atoms with van der Waals surface area (Å²) in [7, 11) is -3.85. The molecule has 1 aromatic heterocycles. The van der Waals surface area contributed by atoms with Crippen LogP contribution in [0.15, 0.2) is 36.4 Å². The smallest absolute Gasteiger partial charge is 0.337 e. The van der Waals surface area contributed by atoms with Gasteiger partial charge in [-0.05, 0) is 31.4 Å². The molecule has 2 aromatic rings. The fourth-order valence-corrected chi connectivity index (χ4v) is 4.91. The van der Waals surface area contributed by atoms with Gasteiger partial charge in [0.1, 0.15) is 18.1 Å². The number of pyridine rings is 1. The number of carbonyl (C=O) groups is 2. The van der Waals surface area contributed by atoms with Gasteiger partial charge >= 0.3 is 5.97 Å². The number of nitrogens with zero attached hydrogens (tertiary/aromatic N) is 3. The van der Waals surface area contributed by atoms with Crippen LogP contribution in [0.25, 0.3) is 0 Å². The number of amides is 1. The second-order valence-electron chi connectivity index (χ2n) is 7.80. The van der Waals surface area contributed by atoms with E-state index in [-0.39, 0.29) is 41.5 Å². The zero-order valence-corrected chi connectivity index (χ0v) is 18.7.